The Labute approximate surface area is 140 Å². The maximum Gasteiger partial charge on any atom is 0.264 e. The topological polar surface area (TPSA) is 73.3 Å². The number of thiophene rings is 1. The van der Waals surface area contributed by atoms with Gasteiger partial charge in [-0.05, 0) is 6.07 Å². The molecule has 1 aromatic heterocycles. The number of likely N-dealkylation sites (N-methyl/N-ethyl adjacent to an activating group) is 1. The van der Waals surface area contributed by atoms with Crippen LogP contribution in [0.1, 0.15) is 15.2 Å². The van der Waals surface area contributed by atoms with Crippen LogP contribution in [0.5, 0.6) is 0 Å². The molecule has 1 saturated heterocycles. The molecule has 2 aliphatic heterocycles. The summed E-state index contributed by atoms with van der Waals surface area (Å²) in [5.41, 5.74) is 0.980. The predicted molar refractivity (Wildman–Crippen MR) is 90.7 cm³/mol. The molecule has 1 fully saturated rings. The summed E-state index contributed by atoms with van der Waals surface area (Å²) in [4.78, 5) is 21.5. The van der Waals surface area contributed by atoms with Gasteiger partial charge in [-0.25, -0.2) is 8.42 Å². The molecular weight excluding hydrogens is 336 g/mol. The highest BCUT2D eigenvalue weighted by Crippen LogP contribution is 2.21. The van der Waals surface area contributed by atoms with Gasteiger partial charge in [0.25, 0.3) is 5.91 Å². The van der Waals surface area contributed by atoms with Crippen molar-refractivity contribution >= 4 is 33.1 Å². The maximum absolute atomic E-state index is 12.6. The first kappa shape index (κ1) is 16.4. The number of hydrogen-bond acceptors (Lipinski definition) is 6. The summed E-state index contributed by atoms with van der Waals surface area (Å²) in [5.74, 6) is 0.901. The van der Waals surface area contributed by atoms with Crippen molar-refractivity contribution in [3.63, 3.8) is 0 Å². The van der Waals surface area contributed by atoms with Crippen molar-refractivity contribution in [2.75, 3.05) is 52.6 Å². The summed E-state index contributed by atoms with van der Waals surface area (Å²) >= 11 is 1.42. The SMILES string of the molecule is CN1CCN=C1c1csc(C(=O)N2CCN(S(C)(=O)=O)CC2)c1. The zero-order chi connectivity index (χ0) is 16.6. The molecule has 7 nitrogen and oxygen atoms in total. The summed E-state index contributed by atoms with van der Waals surface area (Å²) in [7, 11) is -1.18. The Hall–Kier alpha value is -1.45. The second-order valence-electron chi connectivity index (χ2n) is 5.78. The van der Waals surface area contributed by atoms with E-state index in [1.807, 2.05) is 18.5 Å². The average molecular weight is 356 g/mol. The molecule has 0 saturated carbocycles. The number of carbonyl (C=O) groups is 1. The van der Waals surface area contributed by atoms with E-state index in [0.717, 1.165) is 24.5 Å². The number of amidine groups is 1. The minimum absolute atomic E-state index is 0.0318. The van der Waals surface area contributed by atoms with E-state index in [9.17, 15) is 13.2 Å². The molecule has 0 bridgehead atoms. The van der Waals surface area contributed by atoms with Crippen molar-refractivity contribution in [3.05, 3.63) is 21.9 Å². The van der Waals surface area contributed by atoms with Gasteiger partial charge >= 0.3 is 0 Å². The van der Waals surface area contributed by atoms with Crippen LogP contribution in [-0.4, -0.2) is 86.8 Å². The average Bonchev–Trinajstić information content (AvgIpc) is 3.14. The number of aliphatic imine (C=N–C) groups is 1. The van der Waals surface area contributed by atoms with E-state index in [1.54, 1.807) is 4.90 Å². The van der Waals surface area contributed by atoms with Gasteiger partial charge in [-0.2, -0.15) is 4.31 Å². The zero-order valence-corrected chi connectivity index (χ0v) is 14.9. The quantitative estimate of drug-likeness (QED) is 0.773. The van der Waals surface area contributed by atoms with E-state index >= 15 is 0 Å². The minimum Gasteiger partial charge on any atom is -0.358 e. The second kappa shape index (κ2) is 6.21. The summed E-state index contributed by atoms with van der Waals surface area (Å²) in [6.45, 7) is 3.27. The van der Waals surface area contributed by atoms with E-state index in [1.165, 1.54) is 21.9 Å². The lowest BCUT2D eigenvalue weighted by atomic mass is 10.2. The summed E-state index contributed by atoms with van der Waals surface area (Å²) < 4.78 is 24.5. The van der Waals surface area contributed by atoms with Gasteiger partial charge in [0.15, 0.2) is 0 Å². The van der Waals surface area contributed by atoms with E-state index in [2.05, 4.69) is 9.89 Å². The van der Waals surface area contributed by atoms with Crippen LogP contribution in [0.25, 0.3) is 0 Å². The molecular formula is C14H20N4O3S2. The Kier molecular flexibility index (Phi) is 4.43. The Morgan fingerprint density at radius 3 is 2.48 bits per heavy atom. The van der Waals surface area contributed by atoms with E-state index in [0.29, 0.717) is 31.1 Å². The lowest BCUT2D eigenvalue weighted by Gasteiger charge is -2.33. The third-order valence-corrected chi connectivity index (χ3v) is 6.34. The zero-order valence-electron chi connectivity index (χ0n) is 13.2. The molecule has 2 aliphatic rings. The molecule has 3 rings (SSSR count). The third kappa shape index (κ3) is 3.41. The Balaban J connectivity index is 1.67. The molecule has 3 heterocycles. The van der Waals surface area contributed by atoms with Crippen molar-refractivity contribution in [2.24, 2.45) is 4.99 Å². The highest BCUT2D eigenvalue weighted by Gasteiger charge is 2.27. The van der Waals surface area contributed by atoms with Gasteiger partial charge in [0, 0.05) is 50.7 Å². The summed E-state index contributed by atoms with van der Waals surface area (Å²) in [6.07, 6.45) is 1.20. The molecule has 0 spiro atoms. The number of sulfonamides is 1. The van der Waals surface area contributed by atoms with Crippen LogP contribution >= 0.6 is 11.3 Å². The first-order valence-corrected chi connectivity index (χ1v) is 10.2. The fourth-order valence-electron chi connectivity index (χ4n) is 2.79. The first-order chi connectivity index (χ1) is 10.9. The minimum atomic E-state index is -3.18. The number of piperazine rings is 1. The lowest BCUT2D eigenvalue weighted by Crippen LogP contribution is -2.50. The molecule has 126 valence electrons. The number of carbonyl (C=O) groups excluding carboxylic acids is 1. The van der Waals surface area contributed by atoms with Crippen LogP contribution in [0.3, 0.4) is 0 Å². The van der Waals surface area contributed by atoms with Crippen LogP contribution in [0, 0.1) is 0 Å². The highest BCUT2D eigenvalue weighted by molar-refractivity contribution is 7.88. The fourth-order valence-corrected chi connectivity index (χ4v) is 4.47. The molecule has 0 radical (unpaired) electrons. The molecule has 1 aromatic rings. The van der Waals surface area contributed by atoms with Gasteiger partial charge in [0.2, 0.25) is 10.0 Å². The molecule has 23 heavy (non-hydrogen) atoms. The van der Waals surface area contributed by atoms with Crippen molar-refractivity contribution in [2.45, 2.75) is 0 Å². The number of amides is 1. The fraction of sp³-hybridized carbons (Fsp3) is 0.571. The smallest absolute Gasteiger partial charge is 0.264 e. The van der Waals surface area contributed by atoms with E-state index in [-0.39, 0.29) is 5.91 Å². The van der Waals surface area contributed by atoms with Crippen LogP contribution in [-0.2, 0) is 10.0 Å². The number of hydrogen-bond donors (Lipinski definition) is 0. The van der Waals surface area contributed by atoms with Gasteiger partial charge in [0.05, 0.1) is 17.7 Å². The van der Waals surface area contributed by atoms with Crippen LogP contribution in [0.15, 0.2) is 16.4 Å². The molecule has 0 unspecified atom stereocenters. The van der Waals surface area contributed by atoms with Gasteiger partial charge in [-0.1, -0.05) is 0 Å². The van der Waals surface area contributed by atoms with Crippen LogP contribution in [0.4, 0.5) is 0 Å². The van der Waals surface area contributed by atoms with Crippen molar-refractivity contribution in [1.29, 1.82) is 0 Å². The van der Waals surface area contributed by atoms with Gasteiger partial charge < -0.3 is 9.80 Å². The number of rotatable bonds is 3. The molecule has 9 heteroatoms. The van der Waals surface area contributed by atoms with E-state index in [4.69, 9.17) is 0 Å². The van der Waals surface area contributed by atoms with E-state index < -0.39 is 10.0 Å². The monoisotopic (exact) mass is 356 g/mol. The predicted octanol–water partition coefficient (Wildman–Crippen LogP) is 0.158. The van der Waals surface area contributed by atoms with Gasteiger partial charge in [0.1, 0.15) is 5.84 Å². The maximum atomic E-state index is 12.6. The van der Waals surface area contributed by atoms with Crippen molar-refractivity contribution in [1.82, 2.24) is 14.1 Å². The van der Waals surface area contributed by atoms with Gasteiger partial charge in [-0.3, -0.25) is 9.79 Å². The van der Waals surface area contributed by atoms with Crippen LogP contribution < -0.4 is 0 Å². The Morgan fingerprint density at radius 1 is 1.22 bits per heavy atom. The Bertz CT molecular complexity index is 733. The van der Waals surface area contributed by atoms with Crippen LogP contribution in [0.2, 0.25) is 0 Å². The first-order valence-electron chi connectivity index (χ1n) is 7.45. The van der Waals surface area contributed by atoms with Crippen molar-refractivity contribution in [3.8, 4) is 0 Å². The normalized spacial score (nSPS) is 20.0. The molecule has 0 atom stereocenters. The molecule has 0 aliphatic carbocycles. The second-order valence-corrected chi connectivity index (χ2v) is 8.67. The Morgan fingerprint density at radius 2 is 1.91 bits per heavy atom. The molecule has 1 amide bonds. The third-order valence-electron chi connectivity index (χ3n) is 4.12. The molecule has 0 aromatic carbocycles. The standard InChI is InChI=1S/C14H20N4O3S2/c1-16-4-3-15-13(16)11-9-12(22-10-11)14(19)17-5-7-18(8-6-17)23(2,20)21/h9-10H,3-8H2,1-2H3. The highest BCUT2D eigenvalue weighted by atomic mass is 32.2. The van der Waals surface area contributed by atoms with Crippen molar-refractivity contribution < 1.29 is 13.2 Å². The largest absolute Gasteiger partial charge is 0.358 e. The summed E-state index contributed by atoms with van der Waals surface area (Å²) in [5, 5.41) is 1.96. The number of nitrogens with zero attached hydrogens (tertiary/aromatic N) is 4. The summed E-state index contributed by atoms with van der Waals surface area (Å²) in [6, 6.07) is 1.89. The van der Waals surface area contributed by atoms with Gasteiger partial charge in [-0.15, -0.1) is 11.3 Å². The molecule has 0 N–H and O–H groups in total. The lowest BCUT2D eigenvalue weighted by molar-refractivity contribution is 0.0703.